The van der Waals surface area contributed by atoms with Crippen molar-refractivity contribution in [1.82, 2.24) is 9.80 Å². The van der Waals surface area contributed by atoms with Gasteiger partial charge in [-0.3, -0.25) is 9.69 Å². The zero-order chi connectivity index (χ0) is 22.0. The molecule has 1 aliphatic carbocycles. The average Bonchev–Trinajstić information content (AvgIpc) is 3.23. The molecule has 2 aromatic rings. The van der Waals surface area contributed by atoms with Crippen LogP contribution in [0.5, 0.6) is 0 Å². The van der Waals surface area contributed by atoms with Crippen molar-refractivity contribution >= 4 is 5.91 Å². The molecular weight excluding hydrogens is 384 g/mol. The van der Waals surface area contributed by atoms with Gasteiger partial charge in [0.2, 0.25) is 0 Å². The Morgan fingerprint density at radius 2 is 1.58 bits per heavy atom. The number of hydrogen-bond donors (Lipinski definition) is 1. The Kier molecular flexibility index (Phi) is 6.49. The van der Waals surface area contributed by atoms with E-state index in [0.717, 1.165) is 39.0 Å². The third kappa shape index (κ3) is 4.28. The Labute approximate surface area is 186 Å². The Hall–Kier alpha value is -2.17. The molecule has 0 aromatic heterocycles. The molecule has 31 heavy (non-hydrogen) atoms. The van der Waals surface area contributed by atoms with Crippen LogP contribution in [0.2, 0.25) is 0 Å². The molecule has 0 radical (unpaired) electrons. The topological polar surface area (TPSA) is 43.8 Å². The van der Waals surface area contributed by atoms with Gasteiger partial charge in [-0.25, -0.2) is 0 Å². The van der Waals surface area contributed by atoms with Crippen LogP contribution >= 0.6 is 0 Å². The second kappa shape index (κ2) is 9.13. The maximum absolute atomic E-state index is 13.6. The van der Waals surface area contributed by atoms with Crippen molar-refractivity contribution in [3.63, 3.8) is 0 Å². The molecule has 0 bridgehead atoms. The van der Waals surface area contributed by atoms with Crippen LogP contribution in [0.15, 0.2) is 60.7 Å². The van der Waals surface area contributed by atoms with E-state index in [1.54, 1.807) is 4.90 Å². The van der Waals surface area contributed by atoms with E-state index in [1.807, 2.05) is 37.4 Å². The molecule has 1 N–H and O–H groups in total. The quantitative estimate of drug-likeness (QED) is 0.663. The molecule has 4 rings (SSSR count). The summed E-state index contributed by atoms with van der Waals surface area (Å²) in [5, 5.41) is 11.7. The first kappa shape index (κ1) is 22.0. The number of likely N-dealkylation sites (N-methyl/N-ethyl adjacent to an activating group) is 1. The van der Waals surface area contributed by atoms with Gasteiger partial charge in [0.05, 0.1) is 0 Å². The van der Waals surface area contributed by atoms with Crippen LogP contribution in [-0.4, -0.2) is 47.5 Å². The minimum Gasteiger partial charge on any atom is -0.375 e. The van der Waals surface area contributed by atoms with Gasteiger partial charge in [-0.15, -0.1) is 0 Å². The lowest BCUT2D eigenvalue weighted by molar-refractivity contribution is -0.159. The maximum Gasteiger partial charge on any atom is 0.259 e. The van der Waals surface area contributed by atoms with Crippen LogP contribution in [0.1, 0.15) is 37.8 Å². The molecule has 1 saturated heterocycles. The first-order valence-electron chi connectivity index (χ1n) is 11.8. The molecule has 1 amide bonds. The number of carbonyl (C=O) groups is 1. The number of amides is 1. The lowest BCUT2D eigenvalue weighted by Gasteiger charge is -2.37. The maximum atomic E-state index is 13.6. The number of hydrogen-bond acceptors (Lipinski definition) is 3. The zero-order valence-corrected chi connectivity index (χ0v) is 19.1. The van der Waals surface area contributed by atoms with Gasteiger partial charge in [-0.1, -0.05) is 74.5 Å². The number of aliphatic hydroxyl groups is 1. The highest BCUT2D eigenvalue weighted by molar-refractivity contribution is 5.86. The summed E-state index contributed by atoms with van der Waals surface area (Å²) in [5.41, 5.74) is 0.624. The van der Waals surface area contributed by atoms with Crippen LogP contribution in [0.4, 0.5) is 0 Å². The van der Waals surface area contributed by atoms with Gasteiger partial charge in [-0.05, 0) is 41.7 Å². The van der Waals surface area contributed by atoms with E-state index in [-0.39, 0.29) is 11.8 Å². The summed E-state index contributed by atoms with van der Waals surface area (Å²) in [6.45, 7) is 8.09. The average molecular weight is 421 g/mol. The number of carbonyl (C=O) groups excluding carboxylic acids is 1. The Morgan fingerprint density at radius 3 is 2.13 bits per heavy atom. The lowest BCUT2D eigenvalue weighted by atomic mass is 9.77. The molecule has 2 aliphatic rings. The summed E-state index contributed by atoms with van der Waals surface area (Å²) in [5.74, 6) is 1.67. The van der Waals surface area contributed by atoms with Gasteiger partial charge in [0, 0.05) is 39.1 Å². The minimum atomic E-state index is -1.46. The van der Waals surface area contributed by atoms with Crippen LogP contribution in [0, 0.1) is 23.7 Å². The molecule has 4 heteroatoms. The third-order valence-corrected chi connectivity index (χ3v) is 7.64. The fraction of sp³-hybridized carbons (Fsp3) is 0.519. The Balaban J connectivity index is 1.38. The van der Waals surface area contributed by atoms with Crippen LogP contribution < -0.4 is 0 Å². The van der Waals surface area contributed by atoms with Gasteiger partial charge in [0.15, 0.2) is 5.60 Å². The smallest absolute Gasteiger partial charge is 0.259 e. The number of benzene rings is 2. The molecule has 2 aromatic carbocycles. The standard InChI is InChI=1S/C27H36N2O2/c1-4-21(5-2)27(31,22-14-10-7-11-15-22)26(30)28(3)17-23-24-18-29(19-25(23)24)16-20-12-8-6-9-13-20/h6-15,21,23-25,31H,4-5,16-19H2,1-3H3/t23-,24-,25+,27-/m0/s1. The second-order valence-corrected chi connectivity index (χ2v) is 9.50. The van der Waals surface area contributed by atoms with Gasteiger partial charge < -0.3 is 10.0 Å². The molecule has 2 fully saturated rings. The summed E-state index contributed by atoms with van der Waals surface area (Å²) >= 11 is 0. The molecule has 0 spiro atoms. The van der Waals surface area contributed by atoms with Crippen LogP contribution in [0.25, 0.3) is 0 Å². The molecule has 4 nitrogen and oxygen atoms in total. The van der Waals surface area contributed by atoms with Gasteiger partial charge >= 0.3 is 0 Å². The summed E-state index contributed by atoms with van der Waals surface area (Å²) < 4.78 is 0. The molecule has 166 valence electrons. The van der Waals surface area contributed by atoms with Crippen molar-refractivity contribution in [3.8, 4) is 0 Å². The normalized spacial score (nSPS) is 24.6. The molecule has 1 aliphatic heterocycles. The van der Waals surface area contributed by atoms with Gasteiger partial charge in [0.25, 0.3) is 5.91 Å². The van der Waals surface area contributed by atoms with Crippen molar-refractivity contribution in [3.05, 3.63) is 71.8 Å². The highest BCUT2D eigenvalue weighted by Gasteiger charge is 2.56. The van der Waals surface area contributed by atoms with Crippen molar-refractivity contribution in [2.45, 2.75) is 38.8 Å². The number of fused-ring (bicyclic) bond motifs is 1. The van der Waals surface area contributed by atoms with Crippen molar-refractivity contribution in [2.24, 2.45) is 23.7 Å². The van der Waals surface area contributed by atoms with E-state index in [9.17, 15) is 9.90 Å². The van der Waals surface area contributed by atoms with Crippen molar-refractivity contribution < 1.29 is 9.90 Å². The first-order valence-corrected chi connectivity index (χ1v) is 11.8. The van der Waals surface area contributed by atoms with Gasteiger partial charge in [0.1, 0.15) is 0 Å². The highest BCUT2D eigenvalue weighted by Crippen LogP contribution is 2.52. The molecule has 1 saturated carbocycles. The number of piperidine rings is 1. The monoisotopic (exact) mass is 420 g/mol. The lowest BCUT2D eigenvalue weighted by Crippen LogP contribution is -2.50. The largest absolute Gasteiger partial charge is 0.375 e. The Morgan fingerprint density at radius 1 is 1.03 bits per heavy atom. The second-order valence-electron chi connectivity index (χ2n) is 9.50. The number of likely N-dealkylation sites (tertiary alicyclic amines) is 1. The zero-order valence-electron chi connectivity index (χ0n) is 19.1. The predicted molar refractivity (Wildman–Crippen MR) is 124 cm³/mol. The van der Waals surface area contributed by atoms with Gasteiger partial charge in [-0.2, -0.15) is 0 Å². The predicted octanol–water partition coefficient (Wildman–Crippen LogP) is 4.15. The molecule has 1 heterocycles. The van der Waals surface area contributed by atoms with E-state index in [2.05, 4.69) is 49.1 Å². The van der Waals surface area contributed by atoms with Crippen molar-refractivity contribution in [2.75, 3.05) is 26.7 Å². The summed E-state index contributed by atoms with van der Waals surface area (Å²) in [6, 6.07) is 20.2. The summed E-state index contributed by atoms with van der Waals surface area (Å²) in [6.07, 6.45) is 1.54. The highest BCUT2D eigenvalue weighted by atomic mass is 16.3. The fourth-order valence-electron chi connectivity index (χ4n) is 5.77. The van der Waals surface area contributed by atoms with E-state index >= 15 is 0 Å². The van der Waals surface area contributed by atoms with Crippen LogP contribution in [-0.2, 0) is 16.9 Å². The molecule has 0 unspecified atom stereocenters. The third-order valence-electron chi connectivity index (χ3n) is 7.64. The summed E-state index contributed by atoms with van der Waals surface area (Å²) in [4.78, 5) is 17.9. The fourth-order valence-corrected chi connectivity index (χ4v) is 5.77. The molecular formula is C27H36N2O2. The number of nitrogens with zero attached hydrogens (tertiary/aromatic N) is 2. The first-order chi connectivity index (χ1) is 15.0. The minimum absolute atomic E-state index is 0.0927. The van der Waals surface area contributed by atoms with E-state index in [4.69, 9.17) is 0 Å². The van der Waals surface area contributed by atoms with Crippen molar-refractivity contribution in [1.29, 1.82) is 0 Å². The number of rotatable bonds is 9. The van der Waals surface area contributed by atoms with E-state index < -0.39 is 5.60 Å². The summed E-state index contributed by atoms with van der Waals surface area (Å²) in [7, 11) is 1.87. The molecule has 4 atom stereocenters. The van der Waals surface area contributed by atoms with E-state index in [0.29, 0.717) is 23.3 Å². The van der Waals surface area contributed by atoms with E-state index in [1.165, 1.54) is 5.56 Å². The van der Waals surface area contributed by atoms with Crippen LogP contribution in [0.3, 0.4) is 0 Å². The Bertz CT molecular complexity index is 855. The SMILES string of the molecule is CCC(CC)[C@@](O)(C(=O)N(C)C[C@H]1[C@@H]2CN(Cc3ccccc3)C[C@@H]21)c1ccccc1.